The van der Waals surface area contributed by atoms with Crippen LogP contribution in [0.1, 0.15) is 18.9 Å². The van der Waals surface area contributed by atoms with Crippen molar-refractivity contribution in [1.29, 1.82) is 0 Å². The van der Waals surface area contributed by atoms with E-state index in [1.807, 2.05) is 24.3 Å². The molecule has 0 unspecified atom stereocenters. The summed E-state index contributed by atoms with van der Waals surface area (Å²) in [6.45, 7) is 3.29. The number of nitrogens with zero attached hydrogens (tertiary/aromatic N) is 2. The van der Waals surface area contributed by atoms with Gasteiger partial charge in [0.2, 0.25) is 11.8 Å². The Morgan fingerprint density at radius 3 is 2.89 bits per heavy atom. The Balaban J connectivity index is 1.98. The second-order valence-corrected chi connectivity index (χ2v) is 4.42. The van der Waals surface area contributed by atoms with E-state index in [9.17, 15) is 0 Å². The third-order valence-corrected chi connectivity index (χ3v) is 2.85. The van der Waals surface area contributed by atoms with Gasteiger partial charge in [0.1, 0.15) is 0 Å². The molecular weight excluding hydrogens is 262 g/mol. The van der Waals surface area contributed by atoms with Crippen LogP contribution >= 0.6 is 11.6 Å². The molecule has 0 saturated carbocycles. The number of anilines is 1. The number of benzene rings is 1. The number of halogens is 1. The van der Waals surface area contributed by atoms with E-state index in [0.29, 0.717) is 25.0 Å². The molecule has 100 valence electrons. The summed E-state index contributed by atoms with van der Waals surface area (Å²) in [5, 5.41) is 3.86. The van der Waals surface area contributed by atoms with Gasteiger partial charge in [0.05, 0.1) is 6.61 Å². The van der Waals surface area contributed by atoms with Gasteiger partial charge in [-0.15, -0.1) is 0 Å². The summed E-state index contributed by atoms with van der Waals surface area (Å²) in [6, 6.07) is 9.43. The molecular formula is C14H16ClN3O. The molecule has 0 aliphatic carbocycles. The standard InChI is InChI=1S/C14H16ClN3O/c1-2-9-19-13-7-8-16-14(18-13)17-10-11-5-3-4-6-12(11)15/h3-8H,2,9-10H2,1H3,(H,16,17,18). The number of aromatic nitrogens is 2. The fourth-order valence-electron chi connectivity index (χ4n) is 1.53. The molecule has 1 aromatic carbocycles. The fourth-order valence-corrected chi connectivity index (χ4v) is 1.73. The van der Waals surface area contributed by atoms with E-state index in [-0.39, 0.29) is 0 Å². The molecule has 0 amide bonds. The van der Waals surface area contributed by atoms with Crippen LogP contribution in [0, 0.1) is 0 Å². The maximum Gasteiger partial charge on any atom is 0.226 e. The lowest BCUT2D eigenvalue weighted by Gasteiger charge is -2.08. The Kier molecular flexibility index (Phi) is 4.98. The van der Waals surface area contributed by atoms with E-state index in [1.165, 1.54) is 0 Å². The van der Waals surface area contributed by atoms with Gasteiger partial charge in [-0.1, -0.05) is 36.7 Å². The first-order valence-electron chi connectivity index (χ1n) is 6.22. The fraction of sp³-hybridized carbons (Fsp3) is 0.286. The zero-order chi connectivity index (χ0) is 13.5. The molecule has 0 saturated heterocycles. The SMILES string of the molecule is CCCOc1ccnc(NCc2ccccc2Cl)n1. The largest absolute Gasteiger partial charge is 0.478 e. The Bertz CT molecular complexity index is 534. The van der Waals surface area contributed by atoms with Crippen molar-refractivity contribution in [1.82, 2.24) is 9.97 Å². The lowest BCUT2D eigenvalue weighted by atomic mass is 10.2. The van der Waals surface area contributed by atoms with Crippen LogP contribution in [0.25, 0.3) is 0 Å². The summed E-state index contributed by atoms with van der Waals surface area (Å²) in [6.07, 6.45) is 2.62. The van der Waals surface area contributed by atoms with Crippen molar-refractivity contribution in [3.05, 3.63) is 47.1 Å². The first-order chi connectivity index (χ1) is 9.29. The van der Waals surface area contributed by atoms with E-state index in [2.05, 4.69) is 22.2 Å². The number of hydrogen-bond acceptors (Lipinski definition) is 4. The van der Waals surface area contributed by atoms with Gasteiger partial charge < -0.3 is 10.1 Å². The molecule has 0 spiro atoms. The van der Waals surface area contributed by atoms with E-state index >= 15 is 0 Å². The minimum Gasteiger partial charge on any atom is -0.478 e. The monoisotopic (exact) mass is 277 g/mol. The highest BCUT2D eigenvalue weighted by Crippen LogP contribution is 2.16. The highest BCUT2D eigenvalue weighted by atomic mass is 35.5. The molecule has 19 heavy (non-hydrogen) atoms. The summed E-state index contributed by atoms with van der Waals surface area (Å²) in [5.74, 6) is 1.12. The predicted octanol–water partition coefficient (Wildman–Crippen LogP) is 3.53. The predicted molar refractivity (Wildman–Crippen MR) is 76.6 cm³/mol. The van der Waals surface area contributed by atoms with Crippen molar-refractivity contribution in [3.63, 3.8) is 0 Å². The molecule has 0 aliphatic rings. The topological polar surface area (TPSA) is 47.0 Å². The highest BCUT2D eigenvalue weighted by molar-refractivity contribution is 6.31. The summed E-state index contributed by atoms with van der Waals surface area (Å²) in [5.41, 5.74) is 1.01. The third kappa shape index (κ3) is 4.10. The van der Waals surface area contributed by atoms with Crippen LogP contribution in [0.15, 0.2) is 36.5 Å². The second-order valence-electron chi connectivity index (χ2n) is 4.01. The van der Waals surface area contributed by atoms with E-state index in [1.54, 1.807) is 12.3 Å². The van der Waals surface area contributed by atoms with Gasteiger partial charge in [-0.3, -0.25) is 0 Å². The molecule has 0 radical (unpaired) electrons. The summed E-state index contributed by atoms with van der Waals surface area (Å²) in [7, 11) is 0. The first-order valence-corrected chi connectivity index (χ1v) is 6.60. The number of hydrogen-bond donors (Lipinski definition) is 1. The Morgan fingerprint density at radius 1 is 1.26 bits per heavy atom. The van der Waals surface area contributed by atoms with Crippen molar-refractivity contribution in [2.45, 2.75) is 19.9 Å². The average Bonchev–Trinajstić information content (AvgIpc) is 2.45. The Labute approximate surface area is 117 Å². The molecule has 1 heterocycles. The molecule has 1 aromatic heterocycles. The summed E-state index contributed by atoms with van der Waals surface area (Å²) in [4.78, 5) is 8.41. The molecule has 5 heteroatoms. The third-order valence-electron chi connectivity index (χ3n) is 2.48. The molecule has 2 rings (SSSR count). The molecule has 4 nitrogen and oxygen atoms in total. The quantitative estimate of drug-likeness (QED) is 0.877. The zero-order valence-electron chi connectivity index (χ0n) is 10.8. The lowest BCUT2D eigenvalue weighted by molar-refractivity contribution is 0.305. The van der Waals surface area contributed by atoms with Crippen LogP contribution in [0.4, 0.5) is 5.95 Å². The normalized spacial score (nSPS) is 10.2. The van der Waals surface area contributed by atoms with Crippen molar-refractivity contribution >= 4 is 17.5 Å². The van der Waals surface area contributed by atoms with Gasteiger partial charge in [-0.05, 0) is 18.1 Å². The maximum atomic E-state index is 6.08. The number of ether oxygens (including phenoxy) is 1. The lowest BCUT2D eigenvalue weighted by Crippen LogP contribution is -2.05. The van der Waals surface area contributed by atoms with E-state index in [0.717, 1.165) is 17.0 Å². The Morgan fingerprint density at radius 2 is 2.11 bits per heavy atom. The number of rotatable bonds is 6. The number of nitrogens with one attached hydrogen (secondary N) is 1. The van der Waals surface area contributed by atoms with Crippen molar-refractivity contribution < 1.29 is 4.74 Å². The van der Waals surface area contributed by atoms with Crippen LogP contribution in [-0.2, 0) is 6.54 Å². The molecule has 0 aliphatic heterocycles. The summed E-state index contributed by atoms with van der Waals surface area (Å²) < 4.78 is 5.45. The molecule has 1 N–H and O–H groups in total. The van der Waals surface area contributed by atoms with Crippen LogP contribution < -0.4 is 10.1 Å². The smallest absolute Gasteiger partial charge is 0.226 e. The molecule has 0 fully saturated rings. The average molecular weight is 278 g/mol. The van der Waals surface area contributed by atoms with Gasteiger partial charge in [-0.25, -0.2) is 4.98 Å². The molecule has 0 bridgehead atoms. The van der Waals surface area contributed by atoms with Gasteiger partial charge in [0.15, 0.2) is 0 Å². The second kappa shape index (κ2) is 6.95. The van der Waals surface area contributed by atoms with Gasteiger partial charge in [0, 0.05) is 23.8 Å². The van der Waals surface area contributed by atoms with Crippen molar-refractivity contribution in [2.24, 2.45) is 0 Å². The molecule has 2 aromatic rings. The minimum absolute atomic E-state index is 0.536. The minimum atomic E-state index is 0.536. The van der Waals surface area contributed by atoms with Crippen molar-refractivity contribution in [3.8, 4) is 5.88 Å². The zero-order valence-corrected chi connectivity index (χ0v) is 11.5. The van der Waals surface area contributed by atoms with E-state index < -0.39 is 0 Å². The van der Waals surface area contributed by atoms with Crippen molar-refractivity contribution in [2.75, 3.05) is 11.9 Å². The van der Waals surface area contributed by atoms with Gasteiger partial charge >= 0.3 is 0 Å². The van der Waals surface area contributed by atoms with E-state index in [4.69, 9.17) is 16.3 Å². The van der Waals surface area contributed by atoms with Gasteiger partial charge in [0.25, 0.3) is 0 Å². The molecule has 0 atom stereocenters. The highest BCUT2D eigenvalue weighted by Gasteiger charge is 2.02. The van der Waals surface area contributed by atoms with Crippen LogP contribution in [0.5, 0.6) is 5.88 Å². The summed E-state index contributed by atoms with van der Waals surface area (Å²) >= 11 is 6.08. The van der Waals surface area contributed by atoms with Crippen LogP contribution in [-0.4, -0.2) is 16.6 Å². The van der Waals surface area contributed by atoms with Crippen LogP contribution in [0.2, 0.25) is 5.02 Å². The first kappa shape index (κ1) is 13.6. The van der Waals surface area contributed by atoms with Crippen LogP contribution in [0.3, 0.4) is 0 Å². The maximum absolute atomic E-state index is 6.08. The Hall–Kier alpha value is -1.81. The van der Waals surface area contributed by atoms with Gasteiger partial charge in [-0.2, -0.15) is 4.98 Å².